The molecule has 0 bridgehead atoms. The van der Waals surface area contributed by atoms with Gasteiger partial charge in [-0.05, 0) is 19.5 Å². The summed E-state index contributed by atoms with van der Waals surface area (Å²) in [6.07, 6.45) is 2.83. The summed E-state index contributed by atoms with van der Waals surface area (Å²) in [6, 6.07) is 1.99. The molecule has 1 fully saturated rings. The number of ether oxygens (including phenoxy) is 1. The van der Waals surface area contributed by atoms with E-state index in [0.717, 1.165) is 13.0 Å². The Labute approximate surface area is 118 Å². The third-order valence-corrected chi connectivity index (χ3v) is 3.91. The lowest BCUT2D eigenvalue weighted by Crippen LogP contribution is -2.39. The quantitative estimate of drug-likeness (QED) is 0.911. The zero-order chi connectivity index (χ0) is 14.0. The fourth-order valence-corrected chi connectivity index (χ4v) is 2.67. The monoisotopic (exact) mass is 285 g/mol. The lowest BCUT2D eigenvalue weighted by Gasteiger charge is -2.25. The van der Waals surface area contributed by atoms with Gasteiger partial charge < -0.3 is 14.6 Å². The molecule has 6 heteroatoms. The fourth-order valence-electron chi connectivity index (χ4n) is 2.51. The molecule has 0 saturated carbocycles. The van der Waals surface area contributed by atoms with Crippen molar-refractivity contribution < 1.29 is 9.53 Å². The van der Waals surface area contributed by atoms with Crippen molar-refractivity contribution >= 4 is 17.5 Å². The fraction of sp³-hybridized carbons (Fsp3) is 0.615. The number of hydrogen-bond donors (Lipinski definition) is 1. The average Bonchev–Trinajstić information content (AvgIpc) is 2.95. The van der Waals surface area contributed by atoms with Gasteiger partial charge in [-0.25, -0.2) is 0 Å². The standard InChI is InChI=1S/C13H20ClN3O2/c1-16-8-11(19-3)5-10(16)7-17(2)13(18)12-4-9(14)6-15-12/h4,6,10-11,15H,5,7-8H2,1-3H3/t10-,11-/m0/s1. The number of rotatable bonds is 4. The lowest BCUT2D eigenvalue weighted by atomic mass is 10.2. The molecule has 2 heterocycles. The van der Waals surface area contributed by atoms with Gasteiger partial charge in [0.05, 0.1) is 11.1 Å². The molecule has 0 aliphatic carbocycles. The van der Waals surface area contributed by atoms with Crippen LogP contribution in [0.3, 0.4) is 0 Å². The molecule has 0 aromatic carbocycles. The van der Waals surface area contributed by atoms with Crippen molar-refractivity contribution in [2.75, 3.05) is 34.3 Å². The van der Waals surface area contributed by atoms with E-state index < -0.39 is 0 Å². The van der Waals surface area contributed by atoms with Gasteiger partial charge in [0.1, 0.15) is 5.69 Å². The van der Waals surface area contributed by atoms with Crippen LogP contribution in [-0.4, -0.2) is 67.1 Å². The number of aromatic amines is 1. The average molecular weight is 286 g/mol. The Morgan fingerprint density at radius 3 is 2.95 bits per heavy atom. The summed E-state index contributed by atoms with van der Waals surface area (Å²) in [5.74, 6) is -0.0406. The Morgan fingerprint density at radius 2 is 2.42 bits per heavy atom. The molecule has 1 aliphatic rings. The van der Waals surface area contributed by atoms with E-state index in [1.165, 1.54) is 0 Å². The lowest BCUT2D eigenvalue weighted by molar-refractivity contribution is 0.0755. The van der Waals surface area contributed by atoms with Crippen molar-refractivity contribution in [3.63, 3.8) is 0 Å². The number of amides is 1. The van der Waals surface area contributed by atoms with Crippen LogP contribution in [0.15, 0.2) is 12.3 Å². The third-order valence-electron chi connectivity index (χ3n) is 3.69. The number of likely N-dealkylation sites (N-methyl/N-ethyl adjacent to an activating group) is 2. The summed E-state index contributed by atoms with van der Waals surface area (Å²) < 4.78 is 5.37. The maximum absolute atomic E-state index is 12.2. The van der Waals surface area contributed by atoms with Gasteiger partial charge >= 0.3 is 0 Å². The van der Waals surface area contributed by atoms with E-state index in [1.807, 2.05) is 7.05 Å². The van der Waals surface area contributed by atoms with E-state index in [-0.39, 0.29) is 12.0 Å². The molecule has 2 rings (SSSR count). The van der Waals surface area contributed by atoms with Gasteiger partial charge in [-0.2, -0.15) is 0 Å². The first-order chi connectivity index (χ1) is 9.01. The van der Waals surface area contributed by atoms with Crippen LogP contribution in [0.2, 0.25) is 5.02 Å². The van der Waals surface area contributed by atoms with Crippen LogP contribution < -0.4 is 0 Å². The molecule has 1 N–H and O–H groups in total. The van der Waals surface area contributed by atoms with Gasteiger partial charge in [0.2, 0.25) is 0 Å². The summed E-state index contributed by atoms with van der Waals surface area (Å²) in [6.45, 7) is 1.60. The van der Waals surface area contributed by atoms with E-state index in [1.54, 1.807) is 24.3 Å². The molecule has 19 heavy (non-hydrogen) atoms. The molecule has 1 aliphatic heterocycles. The highest BCUT2D eigenvalue weighted by Gasteiger charge is 2.31. The minimum Gasteiger partial charge on any atom is -0.380 e. The minimum atomic E-state index is -0.0406. The highest BCUT2D eigenvalue weighted by atomic mass is 35.5. The largest absolute Gasteiger partial charge is 0.380 e. The second kappa shape index (κ2) is 5.94. The van der Waals surface area contributed by atoms with Crippen molar-refractivity contribution in [2.24, 2.45) is 0 Å². The van der Waals surface area contributed by atoms with Crippen molar-refractivity contribution in [2.45, 2.75) is 18.6 Å². The van der Waals surface area contributed by atoms with Gasteiger partial charge in [-0.3, -0.25) is 9.69 Å². The molecule has 5 nitrogen and oxygen atoms in total. The van der Waals surface area contributed by atoms with Crippen molar-refractivity contribution in [1.82, 2.24) is 14.8 Å². The van der Waals surface area contributed by atoms with Gasteiger partial charge in [-0.1, -0.05) is 11.6 Å². The molecular formula is C13H20ClN3O2. The van der Waals surface area contributed by atoms with Crippen LogP contribution in [0.1, 0.15) is 16.9 Å². The van der Waals surface area contributed by atoms with E-state index in [4.69, 9.17) is 16.3 Å². The Bertz CT molecular complexity index is 449. The first-order valence-corrected chi connectivity index (χ1v) is 6.71. The van der Waals surface area contributed by atoms with Crippen molar-refractivity contribution in [1.29, 1.82) is 0 Å². The summed E-state index contributed by atoms with van der Waals surface area (Å²) in [4.78, 5) is 19.0. The maximum Gasteiger partial charge on any atom is 0.270 e. The van der Waals surface area contributed by atoms with Gasteiger partial charge in [0.15, 0.2) is 0 Å². The topological polar surface area (TPSA) is 48.6 Å². The minimum absolute atomic E-state index is 0.0406. The van der Waals surface area contributed by atoms with Crippen LogP contribution >= 0.6 is 11.6 Å². The number of H-pyrrole nitrogens is 1. The second-order valence-corrected chi connectivity index (χ2v) is 5.54. The Morgan fingerprint density at radius 1 is 1.68 bits per heavy atom. The highest BCUT2D eigenvalue weighted by molar-refractivity contribution is 6.30. The molecule has 1 saturated heterocycles. The number of methoxy groups -OCH3 is 1. The summed E-state index contributed by atoms with van der Waals surface area (Å²) in [7, 11) is 5.61. The highest BCUT2D eigenvalue weighted by Crippen LogP contribution is 2.19. The third kappa shape index (κ3) is 3.29. The van der Waals surface area contributed by atoms with Crippen LogP contribution in [0.4, 0.5) is 0 Å². The number of halogens is 1. The van der Waals surface area contributed by atoms with Gasteiger partial charge in [0, 0.05) is 39.5 Å². The van der Waals surface area contributed by atoms with Crippen LogP contribution in [0, 0.1) is 0 Å². The number of hydrogen-bond acceptors (Lipinski definition) is 3. The summed E-state index contributed by atoms with van der Waals surface area (Å²) >= 11 is 5.81. The van der Waals surface area contributed by atoms with Gasteiger partial charge in [-0.15, -0.1) is 0 Å². The maximum atomic E-state index is 12.2. The SMILES string of the molecule is CO[C@H]1C[C@@H](CN(C)C(=O)c2cc(Cl)c[nH]2)N(C)C1. The predicted octanol–water partition coefficient (Wildman–Crippen LogP) is 1.46. The molecule has 0 unspecified atom stereocenters. The van der Waals surface area contributed by atoms with E-state index in [0.29, 0.717) is 23.3 Å². The molecule has 0 spiro atoms. The molecule has 1 aromatic rings. The van der Waals surface area contributed by atoms with Gasteiger partial charge in [0.25, 0.3) is 5.91 Å². The van der Waals surface area contributed by atoms with Crippen molar-refractivity contribution in [3.8, 4) is 0 Å². The first kappa shape index (κ1) is 14.4. The predicted molar refractivity (Wildman–Crippen MR) is 74.6 cm³/mol. The molecule has 2 atom stereocenters. The normalized spacial score (nSPS) is 23.8. The summed E-state index contributed by atoms with van der Waals surface area (Å²) in [5.41, 5.74) is 0.524. The molecular weight excluding hydrogens is 266 g/mol. The smallest absolute Gasteiger partial charge is 0.270 e. The Hall–Kier alpha value is -1.04. The van der Waals surface area contributed by atoms with Crippen LogP contribution in [0.25, 0.3) is 0 Å². The van der Waals surface area contributed by atoms with E-state index in [2.05, 4.69) is 16.9 Å². The second-order valence-electron chi connectivity index (χ2n) is 5.10. The molecule has 0 radical (unpaired) electrons. The Kier molecular flexibility index (Phi) is 4.50. The number of carbonyl (C=O) groups is 1. The zero-order valence-corrected chi connectivity index (χ0v) is 12.3. The van der Waals surface area contributed by atoms with Crippen LogP contribution in [-0.2, 0) is 4.74 Å². The van der Waals surface area contributed by atoms with E-state index in [9.17, 15) is 4.79 Å². The van der Waals surface area contributed by atoms with Crippen molar-refractivity contribution in [3.05, 3.63) is 23.0 Å². The molecule has 1 amide bonds. The number of carbonyl (C=O) groups excluding carboxylic acids is 1. The summed E-state index contributed by atoms with van der Waals surface area (Å²) in [5, 5.41) is 0.550. The zero-order valence-electron chi connectivity index (χ0n) is 11.5. The van der Waals surface area contributed by atoms with Crippen LogP contribution in [0.5, 0.6) is 0 Å². The first-order valence-electron chi connectivity index (χ1n) is 6.33. The number of aromatic nitrogens is 1. The molecule has 1 aromatic heterocycles. The Balaban J connectivity index is 1.94. The molecule has 106 valence electrons. The number of likely N-dealkylation sites (tertiary alicyclic amines) is 1. The van der Waals surface area contributed by atoms with E-state index >= 15 is 0 Å². The number of nitrogens with zero attached hydrogens (tertiary/aromatic N) is 2. The number of nitrogens with one attached hydrogen (secondary N) is 1.